The van der Waals surface area contributed by atoms with Crippen LogP contribution in [0.5, 0.6) is 11.5 Å². The minimum absolute atomic E-state index is 0.0221. The van der Waals surface area contributed by atoms with E-state index >= 15 is 0 Å². The molecule has 2 N–H and O–H groups in total. The molecule has 3 aromatic rings. The van der Waals surface area contributed by atoms with Gasteiger partial charge in [0.2, 0.25) is 6.10 Å². The molecule has 1 atom stereocenters. The Balaban J connectivity index is 1.40. The summed E-state index contributed by atoms with van der Waals surface area (Å²) in [7, 11) is 0. The van der Waals surface area contributed by atoms with E-state index in [9.17, 15) is 9.59 Å². The number of carbonyl (C=O) groups is 2. The van der Waals surface area contributed by atoms with Gasteiger partial charge in [0.1, 0.15) is 17.3 Å². The Bertz CT molecular complexity index is 1150. The first-order valence-corrected chi connectivity index (χ1v) is 10.1. The van der Waals surface area contributed by atoms with Gasteiger partial charge in [0.05, 0.1) is 12.2 Å². The molecule has 0 saturated carbocycles. The predicted molar refractivity (Wildman–Crippen MR) is 114 cm³/mol. The van der Waals surface area contributed by atoms with E-state index in [0.717, 1.165) is 5.56 Å². The van der Waals surface area contributed by atoms with Crippen LogP contribution in [0.2, 0.25) is 10.2 Å². The number of aromatic nitrogens is 2. The van der Waals surface area contributed by atoms with Gasteiger partial charge in [-0.2, -0.15) is 5.10 Å². The maximum absolute atomic E-state index is 12.6. The molecule has 4 rings (SSSR count). The molecular weight excluding hydrogens is 443 g/mol. The highest BCUT2D eigenvalue weighted by Crippen LogP contribution is 2.30. The van der Waals surface area contributed by atoms with Gasteiger partial charge in [-0.1, -0.05) is 53.5 Å². The van der Waals surface area contributed by atoms with Crippen molar-refractivity contribution in [2.45, 2.75) is 19.6 Å². The van der Waals surface area contributed by atoms with E-state index in [0.29, 0.717) is 28.8 Å². The Morgan fingerprint density at radius 3 is 2.58 bits per heavy atom. The van der Waals surface area contributed by atoms with Crippen LogP contribution in [0, 0.1) is 6.92 Å². The highest BCUT2D eigenvalue weighted by molar-refractivity contribution is 6.33. The molecular formula is C21H18Cl2N4O4. The molecule has 0 fully saturated rings. The first-order chi connectivity index (χ1) is 14.9. The quantitative estimate of drug-likeness (QED) is 0.583. The third-order valence-electron chi connectivity index (χ3n) is 4.67. The lowest BCUT2D eigenvalue weighted by Gasteiger charge is -2.25. The second-order valence-corrected chi connectivity index (χ2v) is 7.57. The lowest BCUT2D eigenvalue weighted by molar-refractivity contribution is -0.131. The lowest BCUT2D eigenvalue weighted by Crippen LogP contribution is -2.50. The van der Waals surface area contributed by atoms with Crippen molar-refractivity contribution in [3.05, 3.63) is 75.5 Å². The Kier molecular flexibility index (Phi) is 6.01. The second-order valence-electron chi connectivity index (χ2n) is 6.81. The summed E-state index contributed by atoms with van der Waals surface area (Å²) in [5.41, 5.74) is 6.07. The maximum Gasteiger partial charge on any atom is 0.283 e. The van der Waals surface area contributed by atoms with Crippen LogP contribution in [0.3, 0.4) is 0 Å². The Labute approximate surface area is 188 Å². The molecule has 31 heavy (non-hydrogen) atoms. The molecule has 8 nitrogen and oxygen atoms in total. The molecule has 160 valence electrons. The molecule has 10 heteroatoms. The monoisotopic (exact) mass is 460 g/mol. The lowest BCUT2D eigenvalue weighted by atomic mass is 10.2. The van der Waals surface area contributed by atoms with E-state index in [-0.39, 0.29) is 17.3 Å². The SMILES string of the molecule is Cc1nn(Cc2ccccc2Cl)c(Cl)c1C(=O)NNC(=O)C1COc2ccccc2O1. The minimum atomic E-state index is -0.908. The summed E-state index contributed by atoms with van der Waals surface area (Å²) >= 11 is 12.6. The molecule has 1 aromatic heterocycles. The predicted octanol–water partition coefficient (Wildman–Crippen LogP) is 3.15. The highest BCUT2D eigenvalue weighted by atomic mass is 35.5. The van der Waals surface area contributed by atoms with E-state index in [2.05, 4.69) is 16.0 Å². The Hall–Kier alpha value is -3.23. The number of halogens is 2. The minimum Gasteiger partial charge on any atom is -0.485 e. The Morgan fingerprint density at radius 2 is 1.81 bits per heavy atom. The summed E-state index contributed by atoms with van der Waals surface area (Å²) in [6.45, 7) is 1.97. The molecule has 2 amide bonds. The molecule has 0 spiro atoms. The normalized spacial score (nSPS) is 14.7. The molecule has 0 saturated heterocycles. The van der Waals surface area contributed by atoms with Crippen LogP contribution < -0.4 is 20.3 Å². The molecule has 2 aromatic carbocycles. The van der Waals surface area contributed by atoms with Crippen LogP contribution in [-0.4, -0.2) is 34.3 Å². The van der Waals surface area contributed by atoms with Gasteiger partial charge in [-0.3, -0.25) is 20.4 Å². The third-order valence-corrected chi connectivity index (χ3v) is 5.42. The fourth-order valence-corrected chi connectivity index (χ4v) is 3.63. The van der Waals surface area contributed by atoms with Crippen LogP contribution >= 0.6 is 23.2 Å². The number of benzene rings is 2. The number of nitrogens with zero attached hydrogens (tertiary/aromatic N) is 2. The van der Waals surface area contributed by atoms with Crippen molar-refractivity contribution < 1.29 is 19.1 Å². The number of carbonyl (C=O) groups excluding carboxylic acids is 2. The third kappa shape index (κ3) is 4.45. The fraction of sp³-hybridized carbons (Fsp3) is 0.190. The first-order valence-electron chi connectivity index (χ1n) is 9.39. The molecule has 0 radical (unpaired) electrons. The van der Waals surface area contributed by atoms with Gasteiger partial charge in [0.15, 0.2) is 11.5 Å². The molecule has 1 unspecified atom stereocenters. The van der Waals surface area contributed by atoms with Crippen LogP contribution in [0.15, 0.2) is 48.5 Å². The fourth-order valence-electron chi connectivity index (χ4n) is 3.11. The van der Waals surface area contributed by atoms with Crippen molar-refractivity contribution in [3.8, 4) is 11.5 Å². The summed E-state index contributed by atoms with van der Waals surface area (Å²) in [5.74, 6) is -0.137. The van der Waals surface area contributed by atoms with Crippen LogP contribution in [0.4, 0.5) is 0 Å². The zero-order chi connectivity index (χ0) is 22.0. The van der Waals surface area contributed by atoms with Gasteiger partial charge >= 0.3 is 0 Å². The maximum atomic E-state index is 12.6. The Morgan fingerprint density at radius 1 is 1.10 bits per heavy atom. The van der Waals surface area contributed by atoms with Gasteiger partial charge in [0.25, 0.3) is 11.8 Å². The number of para-hydroxylation sites is 2. The van der Waals surface area contributed by atoms with Gasteiger partial charge in [-0.05, 0) is 30.7 Å². The van der Waals surface area contributed by atoms with E-state index < -0.39 is 17.9 Å². The van der Waals surface area contributed by atoms with Crippen molar-refractivity contribution in [2.24, 2.45) is 0 Å². The van der Waals surface area contributed by atoms with E-state index in [1.807, 2.05) is 18.2 Å². The molecule has 0 aliphatic carbocycles. The van der Waals surface area contributed by atoms with Crippen molar-refractivity contribution in [3.63, 3.8) is 0 Å². The van der Waals surface area contributed by atoms with Crippen LogP contribution in [0.1, 0.15) is 21.6 Å². The van der Waals surface area contributed by atoms with Crippen molar-refractivity contribution in [1.29, 1.82) is 0 Å². The van der Waals surface area contributed by atoms with Gasteiger partial charge in [-0.15, -0.1) is 0 Å². The summed E-state index contributed by atoms with van der Waals surface area (Å²) in [4.78, 5) is 25.0. The molecule has 2 heterocycles. The highest BCUT2D eigenvalue weighted by Gasteiger charge is 2.28. The molecule has 1 aliphatic rings. The second kappa shape index (κ2) is 8.87. The summed E-state index contributed by atoms with van der Waals surface area (Å²) in [5, 5.41) is 5.02. The van der Waals surface area contributed by atoms with Gasteiger partial charge in [-0.25, -0.2) is 4.68 Å². The smallest absolute Gasteiger partial charge is 0.283 e. The largest absolute Gasteiger partial charge is 0.485 e. The summed E-state index contributed by atoms with van der Waals surface area (Å²) < 4.78 is 12.6. The number of fused-ring (bicyclic) bond motifs is 1. The number of nitrogens with one attached hydrogen (secondary N) is 2. The van der Waals surface area contributed by atoms with Crippen molar-refractivity contribution in [2.75, 3.05) is 6.61 Å². The average Bonchev–Trinajstić information content (AvgIpc) is 3.06. The summed E-state index contributed by atoms with van der Waals surface area (Å²) in [6.07, 6.45) is -0.908. The number of hydrazine groups is 1. The van der Waals surface area contributed by atoms with Crippen LogP contribution in [0.25, 0.3) is 0 Å². The molecule has 1 aliphatic heterocycles. The number of amides is 2. The van der Waals surface area contributed by atoms with E-state index in [4.69, 9.17) is 32.7 Å². The summed E-state index contributed by atoms with van der Waals surface area (Å²) in [6, 6.07) is 14.3. The zero-order valence-corrected chi connectivity index (χ0v) is 17.9. The zero-order valence-electron chi connectivity index (χ0n) is 16.4. The number of hydrogen-bond acceptors (Lipinski definition) is 5. The number of rotatable bonds is 4. The van der Waals surface area contributed by atoms with E-state index in [1.165, 1.54) is 4.68 Å². The topological polar surface area (TPSA) is 94.5 Å². The first kappa shape index (κ1) is 21.0. The van der Waals surface area contributed by atoms with Gasteiger partial charge < -0.3 is 9.47 Å². The van der Waals surface area contributed by atoms with Gasteiger partial charge in [0, 0.05) is 5.02 Å². The van der Waals surface area contributed by atoms with E-state index in [1.54, 1.807) is 37.3 Å². The number of hydrogen-bond donors (Lipinski definition) is 2. The van der Waals surface area contributed by atoms with Crippen LogP contribution in [-0.2, 0) is 11.3 Å². The van der Waals surface area contributed by atoms with Crippen molar-refractivity contribution >= 4 is 35.0 Å². The number of aryl methyl sites for hydroxylation is 1. The molecule has 0 bridgehead atoms. The number of ether oxygens (including phenoxy) is 2. The standard InChI is InChI=1S/C21H18Cl2N4O4/c1-12-18(19(23)27(26-12)10-13-6-2-3-7-14(13)22)21(29)25-24-20(28)17-11-30-15-8-4-5-9-16(15)31-17/h2-9,17H,10-11H2,1H3,(H,24,28)(H,25,29). The average molecular weight is 461 g/mol. The van der Waals surface area contributed by atoms with Crippen molar-refractivity contribution in [1.82, 2.24) is 20.6 Å².